The lowest BCUT2D eigenvalue weighted by Gasteiger charge is -2.52. The van der Waals surface area contributed by atoms with Crippen LogP contribution in [0.15, 0.2) is 0 Å². The van der Waals surface area contributed by atoms with Crippen LogP contribution in [0.4, 0.5) is 0 Å². The highest BCUT2D eigenvalue weighted by Crippen LogP contribution is 2.35. The summed E-state index contributed by atoms with van der Waals surface area (Å²) in [6.45, 7) is 3.91. The molecule has 1 amide bonds. The van der Waals surface area contributed by atoms with Gasteiger partial charge in [0.1, 0.15) is 5.60 Å². The van der Waals surface area contributed by atoms with Gasteiger partial charge in [0.15, 0.2) is 0 Å². The van der Waals surface area contributed by atoms with Crippen LogP contribution in [-0.2, 0) is 19.6 Å². The van der Waals surface area contributed by atoms with Crippen molar-refractivity contribution in [2.45, 2.75) is 25.4 Å². The maximum atomic E-state index is 11.1. The van der Waals surface area contributed by atoms with E-state index < -0.39 is 10.0 Å². The van der Waals surface area contributed by atoms with E-state index in [0.717, 1.165) is 19.1 Å². The highest BCUT2D eigenvalue weighted by Gasteiger charge is 2.47. The molecule has 7 heteroatoms. The van der Waals surface area contributed by atoms with E-state index in [4.69, 9.17) is 4.74 Å². The van der Waals surface area contributed by atoms with Crippen molar-refractivity contribution in [2.24, 2.45) is 5.92 Å². The Bertz CT molecular complexity index is 418. The number of likely N-dealkylation sites (tertiary alicyclic amines) is 1. The van der Waals surface area contributed by atoms with Crippen molar-refractivity contribution in [2.75, 3.05) is 32.5 Å². The number of rotatable bonds is 3. The van der Waals surface area contributed by atoms with Gasteiger partial charge in [0.05, 0.1) is 26.0 Å². The molecule has 1 N–H and O–H groups in total. The third kappa shape index (κ3) is 3.21. The molecule has 2 aliphatic rings. The number of hydrogen-bond acceptors (Lipinski definition) is 4. The van der Waals surface area contributed by atoms with Gasteiger partial charge < -0.3 is 9.64 Å². The Balaban J connectivity index is 1.74. The number of hydrogen-bond donors (Lipinski definition) is 1. The zero-order valence-corrected chi connectivity index (χ0v) is 11.6. The van der Waals surface area contributed by atoms with Crippen LogP contribution >= 0.6 is 0 Å². The van der Waals surface area contributed by atoms with E-state index in [0.29, 0.717) is 26.2 Å². The molecule has 0 aromatic heterocycles. The van der Waals surface area contributed by atoms with Gasteiger partial charge in [-0.05, 0) is 18.8 Å². The summed E-state index contributed by atoms with van der Waals surface area (Å²) in [5, 5.41) is 0. The predicted molar refractivity (Wildman–Crippen MR) is 66.5 cm³/mol. The summed E-state index contributed by atoms with van der Waals surface area (Å²) in [5.74, 6) is 0.321. The first kappa shape index (κ1) is 13.8. The molecule has 2 saturated heterocycles. The third-order valence-corrected chi connectivity index (χ3v) is 4.36. The van der Waals surface area contributed by atoms with Crippen molar-refractivity contribution in [3.63, 3.8) is 0 Å². The van der Waals surface area contributed by atoms with Crippen LogP contribution in [0.2, 0.25) is 0 Å². The SMILES string of the molecule is CC(=O)N1CC2(CCC(CNS(C)(=O)=O)CO2)C1. The number of ether oxygens (including phenoxy) is 1. The maximum Gasteiger partial charge on any atom is 0.219 e. The quantitative estimate of drug-likeness (QED) is 0.758. The summed E-state index contributed by atoms with van der Waals surface area (Å²) in [5.41, 5.74) is -0.159. The van der Waals surface area contributed by atoms with Gasteiger partial charge in [0.2, 0.25) is 15.9 Å². The number of carbonyl (C=O) groups is 1. The highest BCUT2D eigenvalue weighted by molar-refractivity contribution is 7.88. The summed E-state index contributed by atoms with van der Waals surface area (Å²) >= 11 is 0. The summed E-state index contributed by atoms with van der Waals surface area (Å²) in [4.78, 5) is 12.9. The molecule has 1 atom stereocenters. The molecular weight excluding hydrogens is 256 g/mol. The van der Waals surface area contributed by atoms with Crippen molar-refractivity contribution in [1.82, 2.24) is 9.62 Å². The fraction of sp³-hybridized carbons (Fsp3) is 0.909. The molecule has 6 nitrogen and oxygen atoms in total. The smallest absolute Gasteiger partial charge is 0.219 e. The van der Waals surface area contributed by atoms with E-state index in [1.807, 2.05) is 0 Å². The molecular formula is C11H20N2O4S. The average molecular weight is 276 g/mol. The van der Waals surface area contributed by atoms with Crippen LogP contribution in [0, 0.1) is 5.92 Å². The number of nitrogens with one attached hydrogen (secondary N) is 1. The number of nitrogens with zero attached hydrogens (tertiary/aromatic N) is 1. The molecule has 2 aliphatic heterocycles. The molecule has 0 aliphatic carbocycles. The van der Waals surface area contributed by atoms with Crippen molar-refractivity contribution in [1.29, 1.82) is 0 Å². The molecule has 0 bridgehead atoms. The molecule has 2 rings (SSSR count). The number of sulfonamides is 1. The third-order valence-electron chi connectivity index (χ3n) is 3.67. The van der Waals surface area contributed by atoms with E-state index >= 15 is 0 Å². The summed E-state index contributed by atoms with van der Waals surface area (Å²) in [6.07, 6.45) is 3.00. The lowest BCUT2D eigenvalue weighted by Crippen LogP contribution is -2.66. The van der Waals surface area contributed by atoms with Crippen molar-refractivity contribution in [3.05, 3.63) is 0 Å². The van der Waals surface area contributed by atoms with E-state index in [9.17, 15) is 13.2 Å². The topological polar surface area (TPSA) is 75.7 Å². The Morgan fingerprint density at radius 3 is 2.61 bits per heavy atom. The van der Waals surface area contributed by atoms with Gasteiger partial charge in [-0.15, -0.1) is 0 Å². The molecule has 0 aromatic carbocycles. The lowest BCUT2D eigenvalue weighted by atomic mass is 9.83. The van der Waals surface area contributed by atoms with Crippen molar-refractivity contribution >= 4 is 15.9 Å². The Morgan fingerprint density at radius 2 is 2.17 bits per heavy atom. The second-order valence-electron chi connectivity index (χ2n) is 5.39. The second kappa shape index (κ2) is 4.79. The normalized spacial score (nSPS) is 27.0. The van der Waals surface area contributed by atoms with Crippen molar-refractivity contribution in [3.8, 4) is 0 Å². The van der Waals surface area contributed by atoms with Gasteiger partial charge in [-0.3, -0.25) is 4.79 Å². The summed E-state index contributed by atoms with van der Waals surface area (Å²) < 4.78 is 30.3. The largest absolute Gasteiger partial charge is 0.371 e. The average Bonchev–Trinajstić information content (AvgIpc) is 2.22. The Morgan fingerprint density at radius 1 is 1.50 bits per heavy atom. The molecule has 0 radical (unpaired) electrons. The van der Waals surface area contributed by atoms with Crippen LogP contribution < -0.4 is 4.72 Å². The number of amides is 1. The van der Waals surface area contributed by atoms with Gasteiger partial charge in [-0.25, -0.2) is 13.1 Å². The summed E-state index contributed by atoms with van der Waals surface area (Å²) in [7, 11) is -3.12. The van der Waals surface area contributed by atoms with Gasteiger partial charge in [0, 0.05) is 13.5 Å². The van der Waals surface area contributed by atoms with Crippen molar-refractivity contribution < 1.29 is 17.9 Å². The molecule has 2 heterocycles. The first-order valence-electron chi connectivity index (χ1n) is 6.14. The van der Waals surface area contributed by atoms with Crippen LogP contribution in [0.3, 0.4) is 0 Å². The Labute approximate surface area is 108 Å². The fourth-order valence-electron chi connectivity index (χ4n) is 2.47. The van der Waals surface area contributed by atoms with E-state index in [1.54, 1.807) is 11.8 Å². The van der Waals surface area contributed by atoms with Gasteiger partial charge >= 0.3 is 0 Å². The van der Waals surface area contributed by atoms with Crippen LogP contribution in [0.25, 0.3) is 0 Å². The summed E-state index contributed by atoms with van der Waals surface area (Å²) in [6, 6.07) is 0. The van der Waals surface area contributed by atoms with Crippen LogP contribution in [0.1, 0.15) is 19.8 Å². The molecule has 18 heavy (non-hydrogen) atoms. The Kier molecular flexibility index (Phi) is 3.66. The zero-order valence-electron chi connectivity index (χ0n) is 10.8. The first-order valence-corrected chi connectivity index (χ1v) is 8.03. The minimum atomic E-state index is -3.12. The van der Waals surface area contributed by atoms with Gasteiger partial charge in [-0.1, -0.05) is 0 Å². The minimum absolute atomic E-state index is 0.0880. The Hall–Kier alpha value is -0.660. The predicted octanol–water partition coefficient (Wildman–Crippen LogP) is -0.437. The monoisotopic (exact) mass is 276 g/mol. The first-order chi connectivity index (χ1) is 8.30. The second-order valence-corrected chi connectivity index (χ2v) is 7.23. The lowest BCUT2D eigenvalue weighted by molar-refractivity contribution is -0.186. The van der Waals surface area contributed by atoms with Crippen LogP contribution in [0.5, 0.6) is 0 Å². The minimum Gasteiger partial charge on any atom is -0.371 e. The molecule has 0 saturated carbocycles. The fourth-order valence-corrected chi connectivity index (χ4v) is 3.01. The standard InChI is InChI=1S/C11H20N2O4S/c1-9(14)13-7-11(8-13)4-3-10(6-17-11)5-12-18(2,15)16/h10,12H,3-8H2,1-2H3. The van der Waals surface area contributed by atoms with Gasteiger partial charge in [-0.2, -0.15) is 0 Å². The molecule has 104 valence electrons. The zero-order chi connectivity index (χ0) is 13.4. The van der Waals surface area contributed by atoms with Gasteiger partial charge in [0.25, 0.3) is 0 Å². The van der Waals surface area contributed by atoms with E-state index in [2.05, 4.69) is 4.72 Å². The molecule has 1 spiro atoms. The number of carbonyl (C=O) groups excluding carboxylic acids is 1. The highest BCUT2D eigenvalue weighted by atomic mass is 32.2. The molecule has 1 unspecified atom stereocenters. The van der Waals surface area contributed by atoms with Crippen LogP contribution in [-0.4, -0.2) is 57.3 Å². The maximum absolute atomic E-state index is 11.1. The van der Waals surface area contributed by atoms with E-state index in [-0.39, 0.29) is 17.4 Å². The molecule has 0 aromatic rings. The van der Waals surface area contributed by atoms with E-state index in [1.165, 1.54) is 0 Å². The molecule has 2 fully saturated rings.